The second kappa shape index (κ2) is 7.51. The molecule has 2 aromatic rings. The van der Waals surface area contributed by atoms with Crippen LogP contribution in [0.5, 0.6) is 11.5 Å². The fourth-order valence-corrected chi connectivity index (χ4v) is 2.36. The molecule has 0 N–H and O–H groups in total. The quantitative estimate of drug-likeness (QED) is 0.806. The minimum absolute atomic E-state index is 0.412. The Balaban J connectivity index is 2.07. The van der Waals surface area contributed by atoms with E-state index in [1.165, 1.54) is 0 Å². The number of halogens is 1. The topological polar surface area (TPSA) is 42.2 Å². The fourth-order valence-electron chi connectivity index (χ4n) is 1.80. The highest BCUT2D eigenvalue weighted by Crippen LogP contribution is 2.36. The van der Waals surface area contributed by atoms with E-state index in [0.29, 0.717) is 28.1 Å². The highest BCUT2D eigenvalue weighted by Gasteiger charge is 2.10. The van der Waals surface area contributed by atoms with Crippen molar-refractivity contribution < 1.29 is 9.47 Å². The smallest absolute Gasteiger partial charge is 0.175 e. The van der Waals surface area contributed by atoms with Gasteiger partial charge in [-0.3, -0.25) is 0 Å². The summed E-state index contributed by atoms with van der Waals surface area (Å²) < 4.78 is 11.7. The normalized spacial score (nSPS) is 10.3. The van der Waals surface area contributed by atoms with Crippen LogP contribution in [0.2, 0.25) is 0 Å². The molecule has 0 fully saturated rings. The van der Waals surface area contributed by atoms with Gasteiger partial charge >= 0.3 is 0 Å². The Morgan fingerprint density at radius 2 is 2.00 bits per heavy atom. The van der Waals surface area contributed by atoms with Gasteiger partial charge in [-0.15, -0.1) is 0 Å². The highest BCUT2D eigenvalue weighted by molar-refractivity contribution is 9.10. The van der Waals surface area contributed by atoms with Crippen LogP contribution in [-0.2, 0) is 0 Å². The summed E-state index contributed by atoms with van der Waals surface area (Å²) in [5.74, 6) is 1.13. The molecular weight excluding hydrogens is 330 g/mol. The van der Waals surface area contributed by atoms with Crippen molar-refractivity contribution in [2.75, 3.05) is 13.7 Å². The fraction of sp³-hybridized carbons (Fsp3) is 0.118. The monoisotopic (exact) mass is 343 g/mol. The Morgan fingerprint density at radius 3 is 2.67 bits per heavy atom. The lowest BCUT2D eigenvalue weighted by atomic mass is 10.2. The second-order valence-electron chi connectivity index (χ2n) is 4.23. The molecule has 0 aliphatic heterocycles. The third kappa shape index (κ3) is 4.11. The summed E-state index contributed by atoms with van der Waals surface area (Å²) in [6.07, 6.45) is 3.92. The zero-order valence-electron chi connectivity index (χ0n) is 11.5. The molecule has 0 radical (unpaired) electrons. The van der Waals surface area contributed by atoms with Crippen molar-refractivity contribution in [1.82, 2.24) is 0 Å². The Bertz CT molecular complexity index is 675. The van der Waals surface area contributed by atoms with Crippen LogP contribution in [-0.4, -0.2) is 13.7 Å². The van der Waals surface area contributed by atoms with Gasteiger partial charge in [0.25, 0.3) is 0 Å². The van der Waals surface area contributed by atoms with Crippen LogP contribution in [0.15, 0.2) is 53.0 Å². The van der Waals surface area contributed by atoms with Gasteiger partial charge in [-0.2, -0.15) is 5.26 Å². The van der Waals surface area contributed by atoms with Crippen LogP contribution < -0.4 is 9.47 Å². The molecule has 0 aliphatic rings. The predicted molar refractivity (Wildman–Crippen MR) is 86.4 cm³/mol. The third-order valence-corrected chi connectivity index (χ3v) is 3.38. The lowest BCUT2D eigenvalue weighted by Crippen LogP contribution is -1.98. The first-order chi connectivity index (χ1) is 10.2. The van der Waals surface area contributed by atoms with Crippen LogP contribution in [0.3, 0.4) is 0 Å². The summed E-state index contributed by atoms with van der Waals surface area (Å²) in [5.41, 5.74) is 1.64. The molecule has 2 rings (SSSR count). The summed E-state index contributed by atoms with van der Waals surface area (Å²) in [6, 6.07) is 15.4. The average molecular weight is 344 g/mol. The maximum absolute atomic E-state index is 8.93. The molecule has 0 unspecified atom stereocenters. The molecule has 106 valence electrons. The van der Waals surface area contributed by atoms with Crippen molar-refractivity contribution in [3.05, 3.63) is 64.1 Å². The summed E-state index contributed by atoms with van der Waals surface area (Å²) >= 11 is 3.40. The average Bonchev–Trinajstić information content (AvgIpc) is 2.53. The number of hydrogen-bond acceptors (Lipinski definition) is 3. The van der Waals surface area contributed by atoms with E-state index in [1.807, 2.05) is 42.5 Å². The van der Waals surface area contributed by atoms with Crippen LogP contribution in [0.1, 0.15) is 11.1 Å². The zero-order chi connectivity index (χ0) is 15.1. The van der Waals surface area contributed by atoms with Crippen LogP contribution in [0, 0.1) is 11.3 Å². The Labute approximate surface area is 132 Å². The Morgan fingerprint density at radius 1 is 1.24 bits per heavy atom. The van der Waals surface area contributed by atoms with Gasteiger partial charge in [0, 0.05) is 6.07 Å². The maximum atomic E-state index is 8.93. The predicted octanol–water partition coefficient (Wildman–Crippen LogP) is 4.42. The first-order valence-corrected chi connectivity index (χ1v) is 7.16. The molecule has 0 saturated heterocycles. The third-order valence-electron chi connectivity index (χ3n) is 2.79. The van der Waals surface area contributed by atoms with Crippen molar-refractivity contribution in [2.24, 2.45) is 0 Å². The first-order valence-electron chi connectivity index (χ1n) is 6.36. The van der Waals surface area contributed by atoms with Crippen molar-refractivity contribution in [1.29, 1.82) is 5.26 Å². The summed E-state index contributed by atoms with van der Waals surface area (Å²) in [4.78, 5) is 0. The van der Waals surface area contributed by atoms with Gasteiger partial charge in [0.05, 0.1) is 23.2 Å². The standard InChI is InChI=1S/C17H14BrNO2/c1-20-16-11-14(12-19)10-15(18)17(16)21-9-5-8-13-6-3-2-4-7-13/h2-8,10-11H,9H2,1H3. The first kappa shape index (κ1) is 15.1. The molecule has 0 aromatic heterocycles. The Hall–Kier alpha value is -2.25. The highest BCUT2D eigenvalue weighted by atomic mass is 79.9. The number of rotatable bonds is 5. The summed E-state index contributed by atoms with van der Waals surface area (Å²) in [6.45, 7) is 0.412. The molecule has 0 bridgehead atoms. The molecule has 0 saturated carbocycles. The van der Waals surface area contributed by atoms with E-state index in [-0.39, 0.29) is 0 Å². The van der Waals surface area contributed by atoms with Crippen molar-refractivity contribution in [3.63, 3.8) is 0 Å². The number of ether oxygens (including phenoxy) is 2. The number of methoxy groups -OCH3 is 1. The van der Waals surface area contributed by atoms with E-state index in [0.717, 1.165) is 5.56 Å². The number of nitriles is 1. The van der Waals surface area contributed by atoms with Gasteiger partial charge in [0.2, 0.25) is 0 Å². The van der Waals surface area contributed by atoms with Crippen LogP contribution in [0.4, 0.5) is 0 Å². The molecule has 0 aliphatic carbocycles. The van der Waals surface area contributed by atoms with Crippen molar-refractivity contribution in [2.45, 2.75) is 0 Å². The lowest BCUT2D eigenvalue weighted by Gasteiger charge is -2.11. The van der Waals surface area contributed by atoms with Gasteiger partial charge in [0.1, 0.15) is 6.61 Å². The molecule has 2 aromatic carbocycles. The van der Waals surface area contributed by atoms with Crippen molar-refractivity contribution >= 4 is 22.0 Å². The molecular formula is C17H14BrNO2. The summed E-state index contributed by atoms with van der Waals surface area (Å²) in [7, 11) is 1.55. The van der Waals surface area contributed by atoms with E-state index >= 15 is 0 Å². The van der Waals surface area contributed by atoms with E-state index in [9.17, 15) is 0 Å². The minimum Gasteiger partial charge on any atom is -0.493 e. The molecule has 0 spiro atoms. The van der Waals surface area contributed by atoms with E-state index < -0.39 is 0 Å². The second-order valence-corrected chi connectivity index (χ2v) is 5.08. The number of benzene rings is 2. The van der Waals surface area contributed by atoms with E-state index in [1.54, 1.807) is 19.2 Å². The largest absolute Gasteiger partial charge is 0.493 e. The van der Waals surface area contributed by atoms with E-state index in [2.05, 4.69) is 22.0 Å². The van der Waals surface area contributed by atoms with Gasteiger partial charge in [-0.05, 0) is 33.6 Å². The van der Waals surface area contributed by atoms with Crippen LogP contribution in [0.25, 0.3) is 6.08 Å². The van der Waals surface area contributed by atoms with Crippen molar-refractivity contribution in [3.8, 4) is 17.6 Å². The van der Waals surface area contributed by atoms with Crippen LogP contribution >= 0.6 is 15.9 Å². The molecule has 0 atom stereocenters. The van der Waals surface area contributed by atoms with Gasteiger partial charge in [0.15, 0.2) is 11.5 Å². The minimum atomic E-state index is 0.412. The van der Waals surface area contributed by atoms with Gasteiger partial charge in [-0.1, -0.05) is 36.4 Å². The van der Waals surface area contributed by atoms with Gasteiger partial charge in [-0.25, -0.2) is 0 Å². The molecule has 0 amide bonds. The lowest BCUT2D eigenvalue weighted by molar-refractivity contribution is 0.324. The van der Waals surface area contributed by atoms with E-state index in [4.69, 9.17) is 14.7 Å². The molecule has 4 heteroatoms. The number of hydrogen-bond donors (Lipinski definition) is 0. The molecule has 3 nitrogen and oxygen atoms in total. The number of nitrogens with zero attached hydrogens (tertiary/aromatic N) is 1. The molecule has 21 heavy (non-hydrogen) atoms. The summed E-state index contributed by atoms with van der Waals surface area (Å²) in [5, 5.41) is 8.93. The van der Waals surface area contributed by atoms with Gasteiger partial charge < -0.3 is 9.47 Å². The molecule has 0 heterocycles. The maximum Gasteiger partial charge on any atom is 0.175 e. The Kier molecular flexibility index (Phi) is 5.42. The zero-order valence-corrected chi connectivity index (χ0v) is 13.1. The SMILES string of the molecule is COc1cc(C#N)cc(Br)c1OCC=Cc1ccccc1.